The summed E-state index contributed by atoms with van der Waals surface area (Å²) in [5.41, 5.74) is 3.03. The third-order valence-electron chi connectivity index (χ3n) is 2.58. The molecule has 0 aliphatic heterocycles. The van der Waals surface area contributed by atoms with Gasteiger partial charge < -0.3 is 9.90 Å². The molecule has 0 saturated heterocycles. The topological polar surface area (TPSA) is 40.1 Å². The number of halogens is 1. The summed E-state index contributed by atoms with van der Waals surface area (Å²) in [6.45, 7) is 0. The number of carboxylic acid groups (broad SMARTS) is 1. The zero-order valence-corrected chi connectivity index (χ0v) is 8.88. The van der Waals surface area contributed by atoms with Crippen LogP contribution in [-0.4, -0.2) is 5.97 Å². The van der Waals surface area contributed by atoms with Gasteiger partial charge in [-0.05, 0) is 30.0 Å². The molecule has 1 aromatic rings. The average Bonchev–Trinajstić information content (AvgIpc) is 2.18. The summed E-state index contributed by atoms with van der Waals surface area (Å²) >= 11 is 6.04. The second-order valence-electron chi connectivity index (χ2n) is 3.66. The molecule has 2 rings (SSSR count). The van der Waals surface area contributed by atoms with E-state index in [1.807, 2.05) is 24.3 Å². The van der Waals surface area contributed by atoms with Gasteiger partial charge in [-0.1, -0.05) is 35.4 Å². The molecule has 78 valence electrons. The van der Waals surface area contributed by atoms with Crippen molar-refractivity contribution < 1.29 is 9.90 Å². The highest BCUT2D eigenvalue weighted by Gasteiger charge is 2.12. The van der Waals surface area contributed by atoms with E-state index in [1.165, 1.54) is 5.56 Å². The second kappa shape index (κ2) is 4.07. The van der Waals surface area contributed by atoms with E-state index in [1.54, 1.807) is 0 Å². The number of aryl methyl sites for hydroxylation is 1. The third kappa shape index (κ3) is 2.21. The van der Waals surface area contributed by atoms with Crippen LogP contribution in [0.2, 0.25) is 5.02 Å². The van der Waals surface area contributed by atoms with E-state index in [0.717, 1.165) is 24.0 Å². The first-order valence-corrected chi connectivity index (χ1v) is 5.21. The predicted molar refractivity (Wildman–Crippen MR) is 57.4 cm³/mol. The van der Waals surface area contributed by atoms with E-state index < -0.39 is 5.97 Å². The van der Waals surface area contributed by atoms with Crippen molar-refractivity contribution in [2.24, 2.45) is 0 Å². The Morgan fingerprint density at radius 1 is 1.40 bits per heavy atom. The number of carbonyl (C=O) groups is 1. The Labute approximate surface area is 93.2 Å². The molecule has 1 aromatic carbocycles. The fourth-order valence-electron chi connectivity index (χ4n) is 1.86. The smallest absolute Gasteiger partial charge is 0.0481 e. The lowest BCUT2D eigenvalue weighted by Gasteiger charge is -2.17. The average molecular weight is 222 g/mol. The van der Waals surface area contributed by atoms with Crippen LogP contribution in [0.5, 0.6) is 0 Å². The van der Waals surface area contributed by atoms with Crippen molar-refractivity contribution in [3.05, 3.63) is 39.9 Å². The minimum absolute atomic E-state index is 0.00463. The van der Waals surface area contributed by atoms with Crippen LogP contribution in [-0.2, 0) is 11.2 Å². The summed E-state index contributed by atoms with van der Waals surface area (Å²) < 4.78 is 0. The van der Waals surface area contributed by atoms with Crippen LogP contribution in [0.25, 0.3) is 6.08 Å². The van der Waals surface area contributed by atoms with E-state index in [2.05, 4.69) is 0 Å². The number of benzene rings is 1. The summed E-state index contributed by atoms with van der Waals surface area (Å²) in [6.07, 6.45) is 3.51. The lowest BCUT2D eigenvalue weighted by molar-refractivity contribution is -0.304. The van der Waals surface area contributed by atoms with Gasteiger partial charge in [0.05, 0.1) is 0 Å². The highest BCUT2D eigenvalue weighted by Crippen LogP contribution is 2.30. The van der Waals surface area contributed by atoms with E-state index >= 15 is 0 Å². The predicted octanol–water partition coefficient (Wildman–Crippen LogP) is 1.81. The van der Waals surface area contributed by atoms with Crippen LogP contribution in [0, 0.1) is 0 Å². The van der Waals surface area contributed by atoms with Gasteiger partial charge in [-0.2, -0.15) is 0 Å². The van der Waals surface area contributed by atoms with E-state index in [0.29, 0.717) is 5.02 Å². The molecule has 1 aliphatic rings. The van der Waals surface area contributed by atoms with E-state index in [4.69, 9.17) is 11.6 Å². The maximum Gasteiger partial charge on any atom is 0.0481 e. The van der Waals surface area contributed by atoms with Crippen molar-refractivity contribution in [3.63, 3.8) is 0 Å². The fraction of sp³-hybridized carbons (Fsp3) is 0.250. The Balaban J connectivity index is 2.35. The Hall–Kier alpha value is -1.28. The molecule has 0 fully saturated rings. The molecule has 0 atom stereocenters. The first kappa shape index (κ1) is 10.2. The summed E-state index contributed by atoms with van der Waals surface area (Å²) in [7, 11) is 0. The van der Waals surface area contributed by atoms with Crippen molar-refractivity contribution in [2.45, 2.75) is 19.3 Å². The lowest BCUT2D eigenvalue weighted by Crippen LogP contribution is -2.22. The molecule has 15 heavy (non-hydrogen) atoms. The van der Waals surface area contributed by atoms with Gasteiger partial charge in [0, 0.05) is 17.4 Å². The largest absolute Gasteiger partial charge is 0.550 e. The van der Waals surface area contributed by atoms with Crippen molar-refractivity contribution >= 4 is 23.6 Å². The first-order valence-electron chi connectivity index (χ1n) is 4.83. The van der Waals surface area contributed by atoms with Gasteiger partial charge in [-0.15, -0.1) is 0 Å². The zero-order chi connectivity index (χ0) is 10.8. The summed E-state index contributed by atoms with van der Waals surface area (Å²) in [4.78, 5) is 10.5. The maximum absolute atomic E-state index is 10.5. The van der Waals surface area contributed by atoms with Crippen LogP contribution in [0.15, 0.2) is 23.8 Å². The van der Waals surface area contributed by atoms with Gasteiger partial charge in [0.2, 0.25) is 0 Å². The Kier molecular flexibility index (Phi) is 2.78. The number of hydrogen-bond donors (Lipinski definition) is 0. The van der Waals surface area contributed by atoms with Crippen molar-refractivity contribution in [2.75, 3.05) is 0 Å². The molecule has 0 spiro atoms. The first-order chi connectivity index (χ1) is 7.16. The Bertz CT molecular complexity index is 435. The summed E-state index contributed by atoms with van der Waals surface area (Å²) in [5, 5.41) is 11.2. The molecular weight excluding hydrogens is 212 g/mol. The molecule has 0 heterocycles. The number of hydrogen-bond acceptors (Lipinski definition) is 2. The maximum atomic E-state index is 10.5. The van der Waals surface area contributed by atoms with Crippen LogP contribution in [0.3, 0.4) is 0 Å². The number of rotatable bonds is 2. The molecule has 0 unspecified atom stereocenters. The molecule has 0 amide bonds. The highest BCUT2D eigenvalue weighted by atomic mass is 35.5. The fourth-order valence-corrected chi connectivity index (χ4v) is 2.11. The quantitative estimate of drug-likeness (QED) is 0.764. The second-order valence-corrected chi connectivity index (χ2v) is 4.07. The normalized spacial score (nSPS) is 14.3. The molecule has 3 heteroatoms. The number of carboxylic acids is 1. The third-order valence-corrected chi connectivity index (χ3v) is 2.91. The van der Waals surface area contributed by atoms with Gasteiger partial charge in [0.1, 0.15) is 0 Å². The van der Waals surface area contributed by atoms with Crippen LogP contribution in [0.1, 0.15) is 24.0 Å². The van der Waals surface area contributed by atoms with Gasteiger partial charge in [-0.25, -0.2) is 0 Å². The minimum atomic E-state index is -1.03. The SMILES string of the molecule is O=C([O-])CC1=Cc2c(Cl)cccc2CC1. The molecule has 0 aromatic heterocycles. The van der Waals surface area contributed by atoms with Gasteiger partial charge >= 0.3 is 0 Å². The Morgan fingerprint density at radius 2 is 2.20 bits per heavy atom. The van der Waals surface area contributed by atoms with Crippen molar-refractivity contribution in [1.82, 2.24) is 0 Å². The number of fused-ring (bicyclic) bond motifs is 1. The highest BCUT2D eigenvalue weighted by molar-refractivity contribution is 6.32. The van der Waals surface area contributed by atoms with Crippen LogP contribution >= 0.6 is 11.6 Å². The van der Waals surface area contributed by atoms with Gasteiger partial charge in [0.25, 0.3) is 0 Å². The van der Waals surface area contributed by atoms with E-state index in [9.17, 15) is 9.90 Å². The van der Waals surface area contributed by atoms with Crippen molar-refractivity contribution in [1.29, 1.82) is 0 Å². The molecule has 0 bridgehead atoms. The van der Waals surface area contributed by atoms with Gasteiger partial charge in [-0.3, -0.25) is 0 Å². The number of carbonyl (C=O) groups excluding carboxylic acids is 1. The van der Waals surface area contributed by atoms with Crippen molar-refractivity contribution in [3.8, 4) is 0 Å². The van der Waals surface area contributed by atoms with E-state index in [-0.39, 0.29) is 6.42 Å². The number of aliphatic carboxylic acids is 1. The van der Waals surface area contributed by atoms with Crippen LogP contribution < -0.4 is 5.11 Å². The van der Waals surface area contributed by atoms with Crippen LogP contribution in [0.4, 0.5) is 0 Å². The summed E-state index contributed by atoms with van der Waals surface area (Å²) in [6, 6.07) is 5.76. The lowest BCUT2D eigenvalue weighted by atomic mass is 9.91. The Morgan fingerprint density at radius 3 is 2.93 bits per heavy atom. The molecule has 0 saturated carbocycles. The summed E-state index contributed by atoms with van der Waals surface area (Å²) in [5.74, 6) is -1.03. The monoisotopic (exact) mass is 221 g/mol. The molecular formula is C12H10ClO2-. The zero-order valence-electron chi connectivity index (χ0n) is 8.13. The molecule has 0 N–H and O–H groups in total. The molecule has 2 nitrogen and oxygen atoms in total. The molecule has 1 aliphatic carbocycles. The van der Waals surface area contributed by atoms with Gasteiger partial charge in [0.15, 0.2) is 0 Å². The minimum Gasteiger partial charge on any atom is -0.550 e. The molecule has 0 radical (unpaired) electrons. The standard InChI is InChI=1S/C12H11ClO2/c13-11-3-1-2-9-5-4-8(6-10(9)11)7-12(14)15/h1-3,6H,4-5,7H2,(H,14,15)/p-1.